The summed E-state index contributed by atoms with van der Waals surface area (Å²) in [6.45, 7) is 3.87. The number of carbonyl (C=O) groups is 2. The molecule has 1 aromatic rings. The first-order valence-corrected chi connectivity index (χ1v) is 6.09. The number of thiophene rings is 1. The van der Waals surface area contributed by atoms with Crippen LogP contribution in [0.25, 0.3) is 6.08 Å². The predicted molar refractivity (Wildman–Crippen MR) is 68.0 cm³/mol. The smallest absolute Gasteiger partial charge is 0.323 e. The van der Waals surface area contributed by atoms with Gasteiger partial charge in [-0.3, -0.25) is 9.59 Å². The van der Waals surface area contributed by atoms with Crippen molar-refractivity contribution in [3.63, 3.8) is 0 Å². The van der Waals surface area contributed by atoms with Gasteiger partial charge in [0.05, 0.1) is 0 Å². The SMILES string of the molecule is CCN(CC(=O)O)C(=O)/C=C/c1ccc(C)s1. The molecule has 0 aromatic carbocycles. The molecule has 0 aliphatic carbocycles. The van der Waals surface area contributed by atoms with E-state index in [1.165, 1.54) is 15.9 Å². The molecule has 1 N–H and O–H groups in total. The molecule has 1 amide bonds. The first-order valence-electron chi connectivity index (χ1n) is 5.28. The van der Waals surface area contributed by atoms with E-state index in [9.17, 15) is 9.59 Å². The van der Waals surface area contributed by atoms with Crippen molar-refractivity contribution in [3.8, 4) is 0 Å². The standard InChI is InChI=1S/C12H15NO3S/c1-3-13(8-12(15)16)11(14)7-6-10-5-4-9(2)17-10/h4-7H,3,8H2,1-2H3,(H,15,16)/b7-6+. The Morgan fingerprint density at radius 2 is 2.18 bits per heavy atom. The van der Waals surface area contributed by atoms with E-state index < -0.39 is 5.97 Å². The summed E-state index contributed by atoms with van der Waals surface area (Å²) in [7, 11) is 0. The highest BCUT2D eigenvalue weighted by molar-refractivity contribution is 7.12. The average molecular weight is 253 g/mol. The molecule has 0 fully saturated rings. The minimum absolute atomic E-state index is 0.261. The third-order valence-corrected chi connectivity index (χ3v) is 3.14. The van der Waals surface area contributed by atoms with Crippen LogP contribution in [-0.2, 0) is 9.59 Å². The lowest BCUT2D eigenvalue weighted by atomic mass is 10.3. The Labute approximate surface area is 104 Å². The van der Waals surface area contributed by atoms with Crippen molar-refractivity contribution in [2.45, 2.75) is 13.8 Å². The van der Waals surface area contributed by atoms with E-state index in [0.29, 0.717) is 6.54 Å². The molecule has 0 bridgehead atoms. The largest absolute Gasteiger partial charge is 0.480 e. The number of carbonyl (C=O) groups excluding carboxylic acids is 1. The molecule has 0 spiro atoms. The summed E-state index contributed by atoms with van der Waals surface area (Å²) < 4.78 is 0. The van der Waals surface area contributed by atoms with Gasteiger partial charge in [-0.05, 0) is 32.1 Å². The molecular formula is C12H15NO3S. The number of hydrogen-bond donors (Lipinski definition) is 1. The lowest BCUT2D eigenvalue weighted by Gasteiger charge is -2.15. The second kappa shape index (κ2) is 6.20. The van der Waals surface area contributed by atoms with Crippen molar-refractivity contribution in [3.05, 3.63) is 28.0 Å². The van der Waals surface area contributed by atoms with Crippen LogP contribution >= 0.6 is 11.3 Å². The predicted octanol–water partition coefficient (Wildman–Crippen LogP) is 2.00. The highest BCUT2D eigenvalue weighted by Crippen LogP contribution is 2.16. The van der Waals surface area contributed by atoms with Gasteiger partial charge in [-0.15, -0.1) is 11.3 Å². The number of rotatable bonds is 5. The Bertz CT molecular complexity index is 437. The highest BCUT2D eigenvalue weighted by atomic mass is 32.1. The van der Waals surface area contributed by atoms with Crippen molar-refractivity contribution >= 4 is 29.3 Å². The molecule has 0 saturated heterocycles. The molecular weight excluding hydrogens is 238 g/mol. The van der Waals surface area contributed by atoms with E-state index in [1.807, 2.05) is 19.1 Å². The number of aliphatic carboxylic acids is 1. The average Bonchev–Trinajstić information content (AvgIpc) is 2.68. The maximum Gasteiger partial charge on any atom is 0.323 e. The zero-order chi connectivity index (χ0) is 12.8. The Kier molecular flexibility index (Phi) is 4.90. The van der Waals surface area contributed by atoms with Crippen LogP contribution in [0.2, 0.25) is 0 Å². The third kappa shape index (κ3) is 4.40. The number of aryl methyl sites for hydroxylation is 1. The number of nitrogens with zero attached hydrogens (tertiary/aromatic N) is 1. The molecule has 1 heterocycles. The quantitative estimate of drug-likeness (QED) is 0.817. The van der Waals surface area contributed by atoms with Crippen molar-refractivity contribution in [2.75, 3.05) is 13.1 Å². The van der Waals surface area contributed by atoms with E-state index >= 15 is 0 Å². The van der Waals surface area contributed by atoms with E-state index in [0.717, 1.165) is 4.88 Å². The van der Waals surface area contributed by atoms with Crippen molar-refractivity contribution in [2.24, 2.45) is 0 Å². The van der Waals surface area contributed by atoms with Crippen LogP contribution < -0.4 is 0 Å². The van der Waals surface area contributed by atoms with E-state index in [2.05, 4.69) is 0 Å². The number of likely N-dealkylation sites (N-methyl/N-ethyl adjacent to an activating group) is 1. The van der Waals surface area contributed by atoms with Gasteiger partial charge < -0.3 is 10.0 Å². The Balaban J connectivity index is 2.63. The first-order chi connectivity index (χ1) is 8.02. The van der Waals surface area contributed by atoms with Gasteiger partial charge in [0.25, 0.3) is 0 Å². The molecule has 0 aliphatic heterocycles. The molecule has 0 saturated carbocycles. The Morgan fingerprint density at radius 1 is 1.47 bits per heavy atom. The number of amides is 1. The molecule has 0 radical (unpaired) electrons. The van der Waals surface area contributed by atoms with Crippen molar-refractivity contribution in [1.29, 1.82) is 0 Å². The number of hydrogen-bond acceptors (Lipinski definition) is 3. The van der Waals surface area contributed by atoms with Gasteiger partial charge >= 0.3 is 5.97 Å². The number of carboxylic acid groups (broad SMARTS) is 1. The van der Waals surface area contributed by atoms with Gasteiger partial charge in [-0.25, -0.2) is 0 Å². The molecule has 0 atom stereocenters. The summed E-state index contributed by atoms with van der Waals surface area (Å²) in [5.41, 5.74) is 0. The second-order valence-corrected chi connectivity index (χ2v) is 4.85. The molecule has 1 aromatic heterocycles. The monoisotopic (exact) mass is 253 g/mol. The summed E-state index contributed by atoms with van der Waals surface area (Å²) in [5.74, 6) is -1.28. The fourth-order valence-corrected chi connectivity index (χ4v) is 2.09. The fourth-order valence-electron chi connectivity index (χ4n) is 1.31. The third-order valence-electron chi connectivity index (χ3n) is 2.17. The molecule has 0 unspecified atom stereocenters. The summed E-state index contributed by atoms with van der Waals surface area (Å²) >= 11 is 1.59. The first kappa shape index (κ1) is 13.4. The van der Waals surface area contributed by atoms with Gasteiger partial charge in [0.15, 0.2) is 0 Å². The van der Waals surface area contributed by atoms with Gasteiger partial charge in [0.1, 0.15) is 6.54 Å². The zero-order valence-electron chi connectivity index (χ0n) is 9.84. The molecule has 17 heavy (non-hydrogen) atoms. The van der Waals surface area contributed by atoms with Crippen LogP contribution in [0.15, 0.2) is 18.2 Å². The van der Waals surface area contributed by atoms with Crippen LogP contribution in [0.1, 0.15) is 16.7 Å². The molecule has 92 valence electrons. The van der Waals surface area contributed by atoms with Gasteiger partial charge in [-0.2, -0.15) is 0 Å². The zero-order valence-corrected chi connectivity index (χ0v) is 10.7. The maximum atomic E-state index is 11.7. The highest BCUT2D eigenvalue weighted by Gasteiger charge is 2.11. The molecule has 4 nitrogen and oxygen atoms in total. The normalized spacial score (nSPS) is 10.7. The van der Waals surface area contributed by atoms with Crippen LogP contribution in [0.5, 0.6) is 0 Å². The van der Waals surface area contributed by atoms with Gasteiger partial charge in [0.2, 0.25) is 5.91 Å². The molecule has 5 heteroatoms. The van der Waals surface area contributed by atoms with Gasteiger partial charge in [0, 0.05) is 22.4 Å². The molecule has 1 rings (SSSR count). The van der Waals surface area contributed by atoms with E-state index in [-0.39, 0.29) is 12.5 Å². The number of carboxylic acids is 1. The fraction of sp³-hybridized carbons (Fsp3) is 0.333. The van der Waals surface area contributed by atoms with Crippen LogP contribution in [0.4, 0.5) is 0 Å². The van der Waals surface area contributed by atoms with E-state index in [4.69, 9.17) is 5.11 Å². The van der Waals surface area contributed by atoms with Crippen LogP contribution in [0, 0.1) is 6.92 Å². The van der Waals surface area contributed by atoms with Crippen LogP contribution in [-0.4, -0.2) is 35.0 Å². The maximum absolute atomic E-state index is 11.7. The lowest BCUT2D eigenvalue weighted by molar-refractivity contribution is -0.142. The minimum atomic E-state index is -0.999. The van der Waals surface area contributed by atoms with Crippen LogP contribution in [0.3, 0.4) is 0 Å². The molecule has 0 aliphatic rings. The minimum Gasteiger partial charge on any atom is -0.480 e. The van der Waals surface area contributed by atoms with E-state index in [1.54, 1.807) is 24.3 Å². The van der Waals surface area contributed by atoms with Crippen molar-refractivity contribution in [1.82, 2.24) is 4.90 Å². The van der Waals surface area contributed by atoms with Gasteiger partial charge in [-0.1, -0.05) is 0 Å². The summed E-state index contributed by atoms with van der Waals surface area (Å²) in [6.07, 6.45) is 3.13. The topological polar surface area (TPSA) is 57.6 Å². The van der Waals surface area contributed by atoms with Crippen molar-refractivity contribution < 1.29 is 14.7 Å². The summed E-state index contributed by atoms with van der Waals surface area (Å²) in [5, 5.41) is 8.64. The summed E-state index contributed by atoms with van der Waals surface area (Å²) in [6, 6.07) is 3.90. The Morgan fingerprint density at radius 3 is 2.65 bits per heavy atom. The Hall–Kier alpha value is -1.62. The summed E-state index contributed by atoms with van der Waals surface area (Å²) in [4.78, 5) is 25.6. The second-order valence-electron chi connectivity index (χ2n) is 3.53. The lowest BCUT2D eigenvalue weighted by Crippen LogP contribution is -2.34.